The highest BCUT2D eigenvalue weighted by molar-refractivity contribution is 7.89. The van der Waals surface area contributed by atoms with Gasteiger partial charge in [-0.3, -0.25) is 0 Å². The van der Waals surface area contributed by atoms with Crippen molar-refractivity contribution in [2.24, 2.45) is 5.92 Å². The lowest BCUT2D eigenvalue weighted by Crippen LogP contribution is -2.24. The van der Waals surface area contributed by atoms with Crippen molar-refractivity contribution in [3.63, 3.8) is 0 Å². The van der Waals surface area contributed by atoms with Gasteiger partial charge >= 0.3 is 0 Å². The molecule has 1 aromatic carbocycles. The number of rotatable bonds is 8. The lowest BCUT2D eigenvalue weighted by atomic mass is 10.1. The minimum Gasteiger partial charge on any atom is -0.385 e. The highest BCUT2D eigenvalue weighted by Gasteiger charge is 2.15. The lowest BCUT2D eigenvalue weighted by Gasteiger charge is -2.11. The zero-order valence-corrected chi connectivity index (χ0v) is 13.3. The van der Waals surface area contributed by atoms with E-state index in [-0.39, 0.29) is 0 Å². The topological polar surface area (TPSA) is 67.4 Å². The Kier molecular flexibility index (Phi) is 6.02. The van der Waals surface area contributed by atoms with Crippen LogP contribution in [0.25, 0.3) is 0 Å². The van der Waals surface area contributed by atoms with Gasteiger partial charge in [0.15, 0.2) is 0 Å². The molecule has 118 valence electrons. The maximum atomic E-state index is 11.9. The minimum absolute atomic E-state index is 0.311. The van der Waals surface area contributed by atoms with Crippen molar-refractivity contribution < 1.29 is 13.2 Å². The van der Waals surface area contributed by atoms with Crippen LogP contribution in [0.3, 0.4) is 0 Å². The van der Waals surface area contributed by atoms with Gasteiger partial charge in [-0.1, -0.05) is 6.92 Å². The first-order valence-electron chi connectivity index (χ1n) is 7.53. The Morgan fingerprint density at radius 2 is 2.00 bits per heavy atom. The van der Waals surface area contributed by atoms with Crippen LogP contribution in [0.2, 0.25) is 0 Å². The summed E-state index contributed by atoms with van der Waals surface area (Å²) in [6.45, 7) is 5.02. The fourth-order valence-corrected chi connectivity index (χ4v) is 3.44. The SMILES string of the molecule is CCCNS(=O)(=O)c1ccc(NCCC2CCOC2)cc1. The van der Waals surface area contributed by atoms with Crippen LogP contribution in [-0.2, 0) is 14.8 Å². The molecule has 0 amide bonds. The van der Waals surface area contributed by atoms with Gasteiger partial charge in [0.05, 0.1) is 4.90 Å². The third-order valence-corrected chi connectivity index (χ3v) is 5.09. The van der Waals surface area contributed by atoms with Gasteiger partial charge in [0.2, 0.25) is 10.0 Å². The molecule has 1 unspecified atom stereocenters. The summed E-state index contributed by atoms with van der Waals surface area (Å²) in [7, 11) is -3.37. The molecule has 1 atom stereocenters. The molecule has 1 aromatic rings. The van der Waals surface area contributed by atoms with Gasteiger partial charge in [0, 0.05) is 32.0 Å². The summed E-state index contributed by atoms with van der Waals surface area (Å²) < 4.78 is 31.8. The molecular formula is C15H24N2O3S. The van der Waals surface area contributed by atoms with Gasteiger partial charge < -0.3 is 10.1 Å². The van der Waals surface area contributed by atoms with Gasteiger partial charge in [0.25, 0.3) is 0 Å². The van der Waals surface area contributed by atoms with E-state index >= 15 is 0 Å². The molecule has 1 aliphatic heterocycles. The molecule has 1 fully saturated rings. The van der Waals surface area contributed by atoms with E-state index in [1.807, 2.05) is 19.1 Å². The predicted molar refractivity (Wildman–Crippen MR) is 84.0 cm³/mol. The second kappa shape index (κ2) is 7.77. The molecule has 0 saturated carbocycles. The Morgan fingerprint density at radius 1 is 1.24 bits per heavy atom. The van der Waals surface area contributed by atoms with Crippen LogP contribution in [0.5, 0.6) is 0 Å². The Morgan fingerprint density at radius 3 is 2.62 bits per heavy atom. The third kappa shape index (κ3) is 4.98. The van der Waals surface area contributed by atoms with E-state index in [9.17, 15) is 8.42 Å². The second-order valence-electron chi connectivity index (χ2n) is 5.37. The van der Waals surface area contributed by atoms with E-state index in [0.717, 1.165) is 44.7 Å². The summed E-state index contributed by atoms with van der Waals surface area (Å²) in [6, 6.07) is 6.90. The number of benzene rings is 1. The van der Waals surface area contributed by atoms with Crippen LogP contribution in [0, 0.1) is 5.92 Å². The summed E-state index contributed by atoms with van der Waals surface area (Å²) in [5, 5.41) is 3.32. The standard InChI is InChI=1S/C15H24N2O3S/c1-2-9-17-21(18,19)15-5-3-14(4-6-15)16-10-7-13-8-11-20-12-13/h3-6,13,16-17H,2,7-12H2,1H3. The summed E-state index contributed by atoms with van der Waals surface area (Å²) in [4.78, 5) is 0.311. The zero-order chi connectivity index (χ0) is 15.1. The monoisotopic (exact) mass is 312 g/mol. The molecule has 2 rings (SSSR count). The van der Waals surface area contributed by atoms with Crippen molar-refractivity contribution in [3.05, 3.63) is 24.3 Å². The quantitative estimate of drug-likeness (QED) is 0.772. The molecule has 1 heterocycles. The molecule has 21 heavy (non-hydrogen) atoms. The molecule has 0 radical (unpaired) electrons. The van der Waals surface area contributed by atoms with Gasteiger partial charge in [-0.15, -0.1) is 0 Å². The van der Waals surface area contributed by atoms with Crippen LogP contribution in [0.1, 0.15) is 26.2 Å². The molecule has 0 bridgehead atoms. The second-order valence-corrected chi connectivity index (χ2v) is 7.13. The maximum absolute atomic E-state index is 11.9. The Labute approximate surface area is 127 Å². The highest BCUT2D eigenvalue weighted by Crippen LogP contribution is 2.17. The fourth-order valence-electron chi connectivity index (χ4n) is 2.30. The van der Waals surface area contributed by atoms with Crippen molar-refractivity contribution in [2.45, 2.75) is 31.1 Å². The summed E-state index contributed by atoms with van der Waals surface area (Å²) in [5.74, 6) is 0.649. The number of nitrogens with one attached hydrogen (secondary N) is 2. The van der Waals surface area contributed by atoms with Crippen LogP contribution >= 0.6 is 0 Å². The lowest BCUT2D eigenvalue weighted by molar-refractivity contribution is 0.185. The first kappa shape index (κ1) is 16.3. The largest absolute Gasteiger partial charge is 0.385 e. The Bertz CT molecular complexity index is 522. The first-order chi connectivity index (χ1) is 10.1. The van der Waals surface area contributed by atoms with Gasteiger partial charge in [-0.25, -0.2) is 13.1 Å². The van der Waals surface area contributed by atoms with Crippen molar-refractivity contribution in [1.29, 1.82) is 0 Å². The van der Waals surface area contributed by atoms with Crippen molar-refractivity contribution in [3.8, 4) is 0 Å². The molecule has 0 spiro atoms. The third-order valence-electron chi connectivity index (χ3n) is 3.61. The smallest absolute Gasteiger partial charge is 0.240 e. The Balaban J connectivity index is 1.83. The van der Waals surface area contributed by atoms with Gasteiger partial charge in [0.1, 0.15) is 0 Å². The number of ether oxygens (including phenoxy) is 1. The van der Waals surface area contributed by atoms with Crippen LogP contribution < -0.4 is 10.0 Å². The van der Waals surface area contributed by atoms with Gasteiger partial charge in [-0.2, -0.15) is 0 Å². The molecule has 0 aliphatic carbocycles. The van der Waals surface area contributed by atoms with Crippen molar-refractivity contribution in [1.82, 2.24) is 4.72 Å². The molecule has 2 N–H and O–H groups in total. The average Bonchev–Trinajstić information content (AvgIpc) is 2.99. The van der Waals surface area contributed by atoms with E-state index in [1.165, 1.54) is 0 Å². The zero-order valence-electron chi connectivity index (χ0n) is 12.5. The number of sulfonamides is 1. The predicted octanol–water partition coefficient (Wildman–Crippen LogP) is 2.21. The van der Waals surface area contributed by atoms with Gasteiger partial charge in [-0.05, 0) is 49.4 Å². The van der Waals surface area contributed by atoms with Crippen LogP contribution in [-0.4, -0.2) is 34.7 Å². The number of anilines is 1. The fraction of sp³-hybridized carbons (Fsp3) is 0.600. The summed E-state index contributed by atoms with van der Waals surface area (Å²) >= 11 is 0. The van der Waals surface area contributed by atoms with Crippen LogP contribution in [0.4, 0.5) is 5.69 Å². The van der Waals surface area contributed by atoms with Crippen LogP contribution in [0.15, 0.2) is 29.2 Å². The van der Waals surface area contributed by atoms with E-state index in [1.54, 1.807) is 12.1 Å². The van der Waals surface area contributed by atoms with E-state index in [0.29, 0.717) is 17.4 Å². The first-order valence-corrected chi connectivity index (χ1v) is 9.01. The molecule has 1 saturated heterocycles. The Hall–Kier alpha value is -1.11. The molecule has 5 nitrogen and oxygen atoms in total. The molecule has 0 aromatic heterocycles. The van der Waals surface area contributed by atoms with E-state index in [4.69, 9.17) is 4.74 Å². The highest BCUT2D eigenvalue weighted by atomic mass is 32.2. The summed E-state index contributed by atoms with van der Waals surface area (Å²) in [5.41, 5.74) is 0.948. The normalized spacial score (nSPS) is 18.8. The molecule has 1 aliphatic rings. The minimum atomic E-state index is -3.37. The van der Waals surface area contributed by atoms with E-state index in [2.05, 4.69) is 10.0 Å². The summed E-state index contributed by atoms with van der Waals surface area (Å²) in [6.07, 6.45) is 3.00. The van der Waals surface area contributed by atoms with E-state index < -0.39 is 10.0 Å². The molecule has 6 heteroatoms. The maximum Gasteiger partial charge on any atom is 0.240 e. The average molecular weight is 312 g/mol. The van der Waals surface area contributed by atoms with Crippen molar-refractivity contribution in [2.75, 3.05) is 31.6 Å². The van der Waals surface area contributed by atoms with Crippen molar-refractivity contribution >= 4 is 15.7 Å². The number of hydrogen-bond donors (Lipinski definition) is 2. The number of hydrogen-bond acceptors (Lipinski definition) is 4. The molecular weight excluding hydrogens is 288 g/mol.